The van der Waals surface area contributed by atoms with Crippen molar-refractivity contribution in [2.45, 2.75) is 42.8 Å². The molecule has 26 heavy (non-hydrogen) atoms. The molecular weight excluding hydrogens is 366 g/mol. The number of para-hydroxylation sites is 1. The molecular formula is C16H18F2N4O3S. The maximum Gasteiger partial charge on any atom is 0.344 e. The molecule has 3 rings (SSSR count). The molecule has 1 aliphatic rings. The summed E-state index contributed by atoms with van der Waals surface area (Å²) in [4.78, 5) is 24.2. The van der Waals surface area contributed by atoms with E-state index in [0.717, 1.165) is 36.7 Å². The Morgan fingerprint density at radius 2 is 2.23 bits per heavy atom. The molecule has 0 bridgehead atoms. The van der Waals surface area contributed by atoms with E-state index in [0.29, 0.717) is 18.3 Å². The lowest BCUT2D eigenvalue weighted by atomic mass is 10.2. The van der Waals surface area contributed by atoms with Crippen molar-refractivity contribution in [3.63, 3.8) is 0 Å². The van der Waals surface area contributed by atoms with Crippen molar-refractivity contribution >= 4 is 23.4 Å². The van der Waals surface area contributed by atoms with E-state index in [-0.39, 0.29) is 6.10 Å². The third-order valence-electron chi connectivity index (χ3n) is 4.00. The van der Waals surface area contributed by atoms with Crippen molar-refractivity contribution in [2.75, 3.05) is 11.9 Å². The minimum atomic E-state index is -0.856. The second kappa shape index (κ2) is 8.00. The number of ether oxygens (including phenoxy) is 1. The van der Waals surface area contributed by atoms with Gasteiger partial charge in [-0.1, -0.05) is 17.8 Å². The molecule has 0 saturated carbocycles. The highest BCUT2D eigenvalue weighted by molar-refractivity contribution is 8.00. The highest BCUT2D eigenvalue weighted by atomic mass is 32.2. The van der Waals surface area contributed by atoms with Crippen LogP contribution >= 0.6 is 11.8 Å². The molecule has 2 aromatic rings. The quantitative estimate of drug-likeness (QED) is 0.745. The summed E-state index contributed by atoms with van der Waals surface area (Å²) in [6, 6.07) is 3.33. The Labute approximate surface area is 152 Å². The molecule has 140 valence electrons. The van der Waals surface area contributed by atoms with Gasteiger partial charge in [-0.2, -0.15) is 0 Å². The SMILES string of the molecule is C[C@H](Sc1n[nH]c(=O)n1C[C@H]1CCCO1)C(=O)Nc1c(F)cccc1F. The average molecular weight is 384 g/mol. The molecule has 1 saturated heterocycles. The predicted molar refractivity (Wildman–Crippen MR) is 92.1 cm³/mol. The Kier molecular flexibility index (Phi) is 5.72. The zero-order valence-corrected chi connectivity index (χ0v) is 14.8. The summed E-state index contributed by atoms with van der Waals surface area (Å²) in [6.07, 6.45) is 1.72. The number of anilines is 1. The van der Waals surface area contributed by atoms with Gasteiger partial charge < -0.3 is 10.1 Å². The van der Waals surface area contributed by atoms with Gasteiger partial charge in [-0.15, -0.1) is 5.10 Å². The number of nitrogens with zero attached hydrogens (tertiary/aromatic N) is 2. The first-order valence-electron chi connectivity index (χ1n) is 8.14. The maximum atomic E-state index is 13.7. The monoisotopic (exact) mass is 384 g/mol. The molecule has 0 radical (unpaired) electrons. The van der Waals surface area contributed by atoms with Gasteiger partial charge in [0.05, 0.1) is 17.9 Å². The van der Waals surface area contributed by atoms with E-state index in [9.17, 15) is 18.4 Å². The minimum Gasteiger partial charge on any atom is -0.376 e. The van der Waals surface area contributed by atoms with Gasteiger partial charge in [0.1, 0.15) is 17.3 Å². The van der Waals surface area contributed by atoms with Crippen LogP contribution in [0, 0.1) is 11.6 Å². The van der Waals surface area contributed by atoms with Crippen LogP contribution in [0.15, 0.2) is 28.2 Å². The van der Waals surface area contributed by atoms with Crippen LogP contribution in [0.3, 0.4) is 0 Å². The fourth-order valence-corrected chi connectivity index (χ4v) is 3.47. The maximum absolute atomic E-state index is 13.7. The summed E-state index contributed by atoms with van der Waals surface area (Å²) >= 11 is 1.02. The number of rotatable bonds is 6. The molecule has 2 atom stereocenters. The number of benzene rings is 1. The first-order chi connectivity index (χ1) is 12.5. The topological polar surface area (TPSA) is 89.0 Å². The van der Waals surface area contributed by atoms with E-state index < -0.39 is 34.2 Å². The number of aromatic nitrogens is 3. The Morgan fingerprint density at radius 1 is 1.50 bits per heavy atom. The zero-order valence-electron chi connectivity index (χ0n) is 14.0. The van der Waals surface area contributed by atoms with Crippen molar-refractivity contribution < 1.29 is 18.3 Å². The van der Waals surface area contributed by atoms with Crippen molar-refractivity contribution in [3.8, 4) is 0 Å². The van der Waals surface area contributed by atoms with Crippen LogP contribution in [-0.4, -0.2) is 38.6 Å². The standard InChI is InChI=1S/C16H18F2N4O3S/c1-9(14(23)19-13-11(17)5-2-6-12(13)18)26-16-21-20-15(24)22(16)8-10-4-3-7-25-10/h2,5-6,9-10H,3-4,7-8H2,1H3,(H,19,23)(H,20,24)/t9-,10+/m0/s1. The highest BCUT2D eigenvalue weighted by Gasteiger charge is 2.24. The molecule has 1 amide bonds. The molecule has 0 spiro atoms. The van der Waals surface area contributed by atoms with Gasteiger partial charge in [-0.05, 0) is 31.9 Å². The summed E-state index contributed by atoms with van der Waals surface area (Å²) < 4.78 is 34.2. The van der Waals surface area contributed by atoms with E-state index in [1.54, 1.807) is 6.92 Å². The van der Waals surface area contributed by atoms with Crippen LogP contribution in [0.5, 0.6) is 0 Å². The molecule has 1 aromatic carbocycles. The summed E-state index contributed by atoms with van der Waals surface area (Å²) in [5.74, 6) is -2.31. The number of aromatic amines is 1. The first-order valence-corrected chi connectivity index (χ1v) is 9.02. The predicted octanol–water partition coefficient (Wildman–Crippen LogP) is 2.15. The number of hydrogen-bond acceptors (Lipinski definition) is 5. The van der Waals surface area contributed by atoms with Crippen molar-refractivity contribution in [3.05, 3.63) is 40.3 Å². The summed E-state index contributed by atoms with van der Waals surface area (Å²) in [7, 11) is 0. The lowest BCUT2D eigenvalue weighted by Crippen LogP contribution is -2.27. The summed E-state index contributed by atoms with van der Waals surface area (Å²) in [6.45, 7) is 2.56. The summed E-state index contributed by atoms with van der Waals surface area (Å²) in [5, 5.41) is 8.11. The normalized spacial score (nSPS) is 18.0. The van der Waals surface area contributed by atoms with Crippen molar-refractivity contribution in [2.24, 2.45) is 0 Å². The van der Waals surface area contributed by atoms with E-state index in [1.165, 1.54) is 10.6 Å². The number of halogens is 2. The number of amides is 1. The number of H-pyrrole nitrogens is 1. The van der Waals surface area contributed by atoms with Gasteiger partial charge >= 0.3 is 5.69 Å². The second-order valence-corrected chi connectivity index (χ2v) is 7.21. The van der Waals surface area contributed by atoms with Crippen LogP contribution in [0.1, 0.15) is 19.8 Å². The van der Waals surface area contributed by atoms with Crippen LogP contribution in [0.2, 0.25) is 0 Å². The summed E-state index contributed by atoms with van der Waals surface area (Å²) in [5.41, 5.74) is -0.889. The molecule has 0 aliphatic carbocycles. The second-order valence-electron chi connectivity index (χ2n) is 5.90. The smallest absolute Gasteiger partial charge is 0.344 e. The van der Waals surface area contributed by atoms with Crippen LogP contribution in [-0.2, 0) is 16.1 Å². The zero-order chi connectivity index (χ0) is 18.7. The van der Waals surface area contributed by atoms with E-state index in [1.807, 2.05) is 0 Å². The molecule has 0 unspecified atom stereocenters. The Balaban J connectivity index is 1.68. The first kappa shape index (κ1) is 18.6. The molecule has 2 N–H and O–H groups in total. The average Bonchev–Trinajstić information content (AvgIpc) is 3.23. The minimum absolute atomic E-state index is 0.0682. The van der Waals surface area contributed by atoms with Crippen molar-refractivity contribution in [1.29, 1.82) is 0 Å². The number of carbonyl (C=O) groups excluding carboxylic acids is 1. The third-order valence-corrected chi connectivity index (χ3v) is 5.09. The van der Waals surface area contributed by atoms with Crippen LogP contribution in [0.4, 0.5) is 14.5 Å². The molecule has 2 heterocycles. The fourth-order valence-electron chi connectivity index (χ4n) is 2.60. The Morgan fingerprint density at radius 3 is 2.88 bits per heavy atom. The van der Waals surface area contributed by atoms with Gasteiger partial charge in [0.2, 0.25) is 5.91 Å². The highest BCUT2D eigenvalue weighted by Crippen LogP contribution is 2.24. The fraction of sp³-hybridized carbons (Fsp3) is 0.438. The van der Waals surface area contributed by atoms with Gasteiger partial charge in [0, 0.05) is 6.61 Å². The van der Waals surface area contributed by atoms with Gasteiger partial charge in [0.15, 0.2) is 5.16 Å². The lowest BCUT2D eigenvalue weighted by molar-refractivity contribution is -0.115. The number of thioether (sulfide) groups is 1. The van der Waals surface area contributed by atoms with E-state index in [4.69, 9.17) is 4.74 Å². The molecule has 1 fully saturated rings. The number of hydrogen-bond donors (Lipinski definition) is 2. The number of nitrogens with one attached hydrogen (secondary N) is 2. The largest absolute Gasteiger partial charge is 0.376 e. The third kappa shape index (κ3) is 4.13. The van der Waals surface area contributed by atoms with Crippen LogP contribution in [0.25, 0.3) is 0 Å². The Bertz CT molecular complexity index is 828. The number of carbonyl (C=O) groups is 1. The van der Waals surface area contributed by atoms with E-state index in [2.05, 4.69) is 15.5 Å². The van der Waals surface area contributed by atoms with Gasteiger partial charge in [0.25, 0.3) is 0 Å². The van der Waals surface area contributed by atoms with E-state index >= 15 is 0 Å². The molecule has 7 nitrogen and oxygen atoms in total. The van der Waals surface area contributed by atoms with Crippen molar-refractivity contribution in [1.82, 2.24) is 14.8 Å². The molecule has 10 heteroatoms. The molecule has 1 aliphatic heterocycles. The van der Waals surface area contributed by atoms with Crippen LogP contribution < -0.4 is 11.0 Å². The lowest BCUT2D eigenvalue weighted by Gasteiger charge is -2.14. The Hall–Kier alpha value is -2.20. The van der Waals surface area contributed by atoms with Gasteiger partial charge in [-0.3, -0.25) is 9.36 Å². The van der Waals surface area contributed by atoms with Gasteiger partial charge in [-0.25, -0.2) is 18.7 Å². The molecule has 1 aromatic heterocycles.